The van der Waals surface area contributed by atoms with Gasteiger partial charge in [-0.2, -0.15) is 0 Å². The van der Waals surface area contributed by atoms with Crippen LogP contribution in [-0.2, 0) is 10.0 Å². The molecular weight excluding hydrogens is 396 g/mol. The molecule has 5 nitrogen and oxygen atoms in total. The summed E-state index contributed by atoms with van der Waals surface area (Å²) in [5.74, 6) is 1.43. The Balaban J connectivity index is 1.89. The number of benzene rings is 2. The van der Waals surface area contributed by atoms with Gasteiger partial charge in [0.1, 0.15) is 5.75 Å². The van der Waals surface area contributed by atoms with Gasteiger partial charge >= 0.3 is 0 Å². The monoisotopic (exact) mass is 430 g/mol. The van der Waals surface area contributed by atoms with E-state index in [4.69, 9.17) is 4.74 Å². The average Bonchev–Trinajstić information content (AvgIpc) is 2.73. The highest BCUT2D eigenvalue weighted by molar-refractivity contribution is 7.92. The topological polar surface area (TPSA) is 49.9 Å². The standard InChI is InChI=1S/C24H34N2O3S/c1-19-11-14-25(15-12-19)16-13-21(3)26(22-8-6-9-23(18-22)29-4)30(27,28)24-10-5-7-20(2)17-24/h5-10,17-19,21H,11-16H2,1-4H3. The quantitative estimate of drug-likeness (QED) is 0.609. The van der Waals surface area contributed by atoms with Crippen LogP contribution in [0.5, 0.6) is 5.75 Å². The number of hydrogen-bond donors (Lipinski definition) is 0. The molecule has 0 amide bonds. The summed E-state index contributed by atoms with van der Waals surface area (Å²) in [4.78, 5) is 2.78. The molecule has 1 aliphatic rings. The number of ether oxygens (including phenoxy) is 1. The molecule has 0 aromatic heterocycles. The van der Waals surface area contributed by atoms with Gasteiger partial charge in [0.25, 0.3) is 10.0 Å². The fraction of sp³-hybridized carbons (Fsp3) is 0.500. The predicted molar refractivity (Wildman–Crippen MR) is 123 cm³/mol. The molecule has 2 aromatic rings. The van der Waals surface area contributed by atoms with E-state index in [1.54, 1.807) is 35.7 Å². The fourth-order valence-corrected chi connectivity index (χ4v) is 5.82. The SMILES string of the molecule is COc1cccc(N(C(C)CCN2CCC(C)CC2)S(=O)(=O)c2cccc(C)c2)c1. The Hall–Kier alpha value is -2.05. The highest BCUT2D eigenvalue weighted by atomic mass is 32.2. The van der Waals surface area contributed by atoms with Crippen LogP contribution < -0.4 is 9.04 Å². The molecule has 1 unspecified atom stereocenters. The zero-order chi connectivity index (χ0) is 21.7. The normalized spacial score (nSPS) is 16.9. The number of methoxy groups -OCH3 is 1. The number of anilines is 1. The molecule has 2 aromatic carbocycles. The fourth-order valence-electron chi connectivity index (χ4n) is 4.04. The number of hydrogen-bond acceptors (Lipinski definition) is 4. The van der Waals surface area contributed by atoms with Crippen LogP contribution in [-0.4, -0.2) is 46.1 Å². The first-order chi connectivity index (χ1) is 14.3. The van der Waals surface area contributed by atoms with Gasteiger partial charge in [0.2, 0.25) is 0 Å². The summed E-state index contributed by atoms with van der Waals surface area (Å²) in [7, 11) is -2.11. The molecule has 1 atom stereocenters. The Kier molecular flexibility index (Phi) is 7.42. The van der Waals surface area contributed by atoms with Gasteiger partial charge in [-0.25, -0.2) is 8.42 Å². The van der Waals surface area contributed by atoms with Crippen molar-refractivity contribution in [2.45, 2.75) is 51.0 Å². The lowest BCUT2D eigenvalue weighted by Gasteiger charge is -2.34. The van der Waals surface area contributed by atoms with Gasteiger partial charge in [-0.3, -0.25) is 4.31 Å². The maximum absolute atomic E-state index is 13.7. The van der Waals surface area contributed by atoms with Gasteiger partial charge < -0.3 is 9.64 Å². The van der Waals surface area contributed by atoms with E-state index in [2.05, 4.69) is 11.8 Å². The molecule has 30 heavy (non-hydrogen) atoms. The van der Waals surface area contributed by atoms with E-state index in [1.807, 2.05) is 38.1 Å². The van der Waals surface area contributed by atoms with Gasteiger partial charge in [-0.05, 0) is 81.9 Å². The van der Waals surface area contributed by atoms with E-state index < -0.39 is 10.0 Å². The lowest BCUT2D eigenvalue weighted by Crippen LogP contribution is -2.42. The summed E-state index contributed by atoms with van der Waals surface area (Å²) in [5.41, 5.74) is 1.56. The summed E-state index contributed by atoms with van der Waals surface area (Å²) in [6, 6.07) is 14.3. The van der Waals surface area contributed by atoms with E-state index in [9.17, 15) is 8.42 Å². The minimum Gasteiger partial charge on any atom is -0.497 e. The van der Waals surface area contributed by atoms with E-state index in [1.165, 1.54) is 12.8 Å². The van der Waals surface area contributed by atoms with Crippen molar-refractivity contribution in [3.05, 3.63) is 54.1 Å². The maximum atomic E-state index is 13.7. The van der Waals surface area contributed by atoms with Gasteiger partial charge in [0.15, 0.2) is 0 Å². The molecular formula is C24H34N2O3S. The van der Waals surface area contributed by atoms with Crippen LogP contribution >= 0.6 is 0 Å². The predicted octanol–water partition coefficient (Wildman–Crippen LogP) is 4.71. The molecule has 0 radical (unpaired) electrons. The van der Waals surface area contributed by atoms with E-state index in [-0.39, 0.29) is 6.04 Å². The van der Waals surface area contributed by atoms with E-state index in [0.29, 0.717) is 16.3 Å². The van der Waals surface area contributed by atoms with E-state index in [0.717, 1.165) is 37.5 Å². The second-order valence-electron chi connectivity index (χ2n) is 8.48. The second-order valence-corrected chi connectivity index (χ2v) is 10.3. The van der Waals surface area contributed by atoms with Crippen LogP contribution in [0.1, 0.15) is 38.7 Å². The largest absolute Gasteiger partial charge is 0.497 e. The van der Waals surface area contributed by atoms with Crippen molar-refractivity contribution >= 4 is 15.7 Å². The second kappa shape index (κ2) is 9.84. The number of likely N-dealkylation sites (tertiary alicyclic amines) is 1. The molecule has 0 bridgehead atoms. The Morgan fingerprint density at radius 1 is 1.13 bits per heavy atom. The van der Waals surface area contributed by atoms with Crippen molar-refractivity contribution in [1.82, 2.24) is 4.90 Å². The number of sulfonamides is 1. The van der Waals surface area contributed by atoms with Crippen LogP contribution in [0.4, 0.5) is 5.69 Å². The molecule has 6 heteroatoms. The van der Waals surface area contributed by atoms with Gasteiger partial charge in [-0.15, -0.1) is 0 Å². The summed E-state index contributed by atoms with van der Waals surface area (Å²) in [6.45, 7) is 9.31. The van der Waals surface area contributed by atoms with Crippen LogP contribution in [0.25, 0.3) is 0 Å². The maximum Gasteiger partial charge on any atom is 0.264 e. The van der Waals surface area contributed by atoms with Crippen LogP contribution in [0.2, 0.25) is 0 Å². The highest BCUT2D eigenvalue weighted by Gasteiger charge is 2.30. The van der Waals surface area contributed by atoms with Crippen molar-refractivity contribution in [3.8, 4) is 5.75 Å². The third-order valence-corrected chi connectivity index (χ3v) is 7.93. The first kappa shape index (κ1) is 22.6. The molecule has 0 N–H and O–H groups in total. The molecule has 0 aliphatic carbocycles. The third kappa shape index (κ3) is 5.35. The Morgan fingerprint density at radius 2 is 1.83 bits per heavy atom. The molecule has 0 saturated carbocycles. The zero-order valence-electron chi connectivity index (χ0n) is 18.5. The van der Waals surface area contributed by atoms with E-state index >= 15 is 0 Å². The summed E-state index contributed by atoms with van der Waals surface area (Å²) in [5, 5.41) is 0. The summed E-state index contributed by atoms with van der Waals surface area (Å²) >= 11 is 0. The minimum atomic E-state index is -3.70. The van der Waals surface area contributed by atoms with Gasteiger partial charge in [-0.1, -0.05) is 25.1 Å². The van der Waals surface area contributed by atoms with Gasteiger partial charge in [0, 0.05) is 18.7 Å². The number of aryl methyl sites for hydroxylation is 1. The minimum absolute atomic E-state index is 0.179. The molecule has 1 saturated heterocycles. The molecule has 164 valence electrons. The Labute approximate surface area is 181 Å². The first-order valence-electron chi connectivity index (χ1n) is 10.8. The first-order valence-corrected chi connectivity index (χ1v) is 12.2. The summed E-state index contributed by atoms with van der Waals surface area (Å²) < 4.78 is 34.3. The number of rotatable bonds is 8. The molecule has 1 aliphatic heterocycles. The highest BCUT2D eigenvalue weighted by Crippen LogP contribution is 2.30. The zero-order valence-corrected chi connectivity index (χ0v) is 19.4. The van der Waals surface area contributed by atoms with Crippen LogP contribution in [0.15, 0.2) is 53.4 Å². The number of piperidine rings is 1. The van der Waals surface area contributed by atoms with Crippen molar-refractivity contribution in [3.63, 3.8) is 0 Å². The molecule has 3 rings (SSSR count). The van der Waals surface area contributed by atoms with Crippen molar-refractivity contribution in [2.24, 2.45) is 5.92 Å². The molecule has 0 spiro atoms. The third-order valence-electron chi connectivity index (χ3n) is 5.99. The lowest BCUT2D eigenvalue weighted by molar-refractivity contribution is 0.188. The van der Waals surface area contributed by atoms with Crippen LogP contribution in [0.3, 0.4) is 0 Å². The van der Waals surface area contributed by atoms with Crippen molar-refractivity contribution < 1.29 is 13.2 Å². The van der Waals surface area contributed by atoms with Gasteiger partial charge in [0.05, 0.1) is 17.7 Å². The molecule has 1 fully saturated rings. The Morgan fingerprint density at radius 3 is 2.50 bits per heavy atom. The van der Waals surface area contributed by atoms with Crippen molar-refractivity contribution in [1.29, 1.82) is 0 Å². The summed E-state index contributed by atoms with van der Waals surface area (Å²) in [6.07, 6.45) is 3.21. The van der Waals surface area contributed by atoms with Crippen molar-refractivity contribution in [2.75, 3.05) is 31.0 Å². The van der Waals surface area contributed by atoms with Crippen LogP contribution in [0, 0.1) is 12.8 Å². The smallest absolute Gasteiger partial charge is 0.264 e. The average molecular weight is 431 g/mol. The lowest BCUT2D eigenvalue weighted by atomic mass is 9.99. The number of nitrogens with zero attached hydrogens (tertiary/aromatic N) is 2. The Bertz CT molecular complexity index is 937. The molecule has 1 heterocycles.